The molecule has 1 aromatic carbocycles. The van der Waals surface area contributed by atoms with Gasteiger partial charge in [0.25, 0.3) is 0 Å². The molecule has 1 heterocycles. The van der Waals surface area contributed by atoms with Crippen molar-refractivity contribution in [1.82, 2.24) is 10.6 Å². The van der Waals surface area contributed by atoms with Gasteiger partial charge in [0.15, 0.2) is 0 Å². The van der Waals surface area contributed by atoms with Crippen LogP contribution in [0, 0.1) is 11.3 Å². The van der Waals surface area contributed by atoms with E-state index in [2.05, 4.69) is 10.6 Å². The van der Waals surface area contributed by atoms with Crippen molar-refractivity contribution in [2.45, 2.75) is 32.3 Å². The molecule has 2 aliphatic rings. The van der Waals surface area contributed by atoms with Gasteiger partial charge >= 0.3 is 0 Å². The Bertz CT molecular complexity index is 555. The van der Waals surface area contributed by atoms with E-state index in [1.165, 1.54) is 0 Å². The molecule has 126 valence electrons. The maximum absolute atomic E-state index is 12.3. The molecule has 1 spiro atoms. The zero-order valence-electron chi connectivity index (χ0n) is 13.9. The first kappa shape index (κ1) is 16.1. The van der Waals surface area contributed by atoms with E-state index in [1.807, 2.05) is 31.2 Å². The Labute approximate surface area is 137 Å². The van der Waals surface area contributed by atoms with Gasteiger partial charge in [0.1, 0.15) is 17.6 Å². The zero-order chi connectivity index (χ0) is 16.3. The number of methoxy groups -OCH3 is 1. The first-order valence-corrected chi connectivity index (χ1v) is 8.42. The van der Waals surface area contributed by atoms with Gasteiger partial charge in [0, 0.05) is 12.0 Å². The van der Waals surface area contributed by atoms with Crippen LogP contribution in [0.2, 0.25) is 0 Å². The lowest BCUT2D eigenvalue weighted by Crippen LogP contribution is -2.37. The van der Waals surface area contributed by atoms with E-state index in [0.717, 1.165) is 43.9 Å². The molecule has 2 fully saturated rings. The average Bonchev–Trinajstić information content (AvgIpc) is 3.26. The molecular formula is C18H26N2O3. The minimum atomic E-state index is -0.0752. The van der Waals surface area contributed by atoms with E-state index in [4.69, 9.17) is 9.47 Å². The molecule has 5 nitrogen and oxygen atoms in total. The van der Waals surface area contributed by atoms with E-state index < -0.39 is 0 Å². The molecular weight excluding hydrogens is 292 g/mol. The fourth-order valence-corrected chi connectivity index (χ4v) is 3.51. The van der Waals surface area contributed by atoms with Crippen molar-refractivity contribution in [2.75, 3.05) is 26.7 Å². The summed E-state index contributed by atoms with van der Waals surface area (Å²) in [6.07, 6.45) is 3.22. The third-order valence-electron chi connectivity index (χ3n) is 5.05. The van der Waals surface area contributed by atoms with Crippen LogP contribution in [0.4, 0.5) is 0 Å². The molecule has 0 aromatic heterocycles. The van der Waals surface area contributed by atoms with Crippen molar-refractivity contribution in [3.8, 4) is 11.5 Å². The lowest BCUT2D eigenvalue weighted by atomic mass is 9.92. The molecule has 1 aliphatic heterocycles. The Kier molecular flexibility index (Phi) is 4.76. The summed E-state index contributed by atoms with van der Waals surface area (Å²) in [5.41, 5.74) is 0.284. The van der Waals surface area contributed by atoms with Crippen LogP contribution in [0.25, 0.3) is 0 Å². The van der Waals surface area contributed by atoms with Gasteiger partial charge in [-0.05, 0) is 56.8 Å². The van der Waals surface area contributed by atoms with Gasteiger partial charge in [-0.15, -0.1) is 0 Å². The number of amides is 1. The molecule has 2 N–H and O–H groups in total. The Morgan fingerprint density at radius 3 is 2.87 bits per heavy atom. The molecule has 1 amide bonds. The molecule has 1 aliphatic carbocycles. The van der Waals surface area contributed by atoms with Crippen LogP contribution in [0.15, 0.2) is 24.3 Å². The standard InChI is InChI=1S/C18H26N2O3/c1-13(23-15-5-3-4-14(10-15)22-2)12-20-17(21)16-11-18(16)6-8-19-9-7-18/h3-5,10,13,16,19H,6-9,11-12H2,1-2H3,(H,20,21). The van der Waals surface area contributed by atoms with Gasteiger partial charge in [-0.1, -0.05) is 6.07 Å². The number of ether oxygens (including phenoxy) is 2. The van der Waals surface area contributed by atoms with Gasteiger partial charge in [-0.3, -0.25) is 4.79 Å². The molecule has 2 atom stereocenters. The lowest BCUT2D eigenvalue weighted by Gasteiger charge is -2.23. The zero-order valence-corrected chi connectivity index (χ0v) is 13.9. The topological polar surface area (TPSA) is 59.6 Å². The van der Waals surface area contributed by atoms with E-state index in [-0.39, 0.29) is 23.3 Å². The smallest absolute Gasteiger partial charge is 0.223 e. The average molecular weight is 318 g/mol. The summed E-state index contributed by atoms with van der Waals surface area (Å²) in [6.45, 7) is 4.58. The number of hydrogen-bond acceptors (Lipinski definition) is 4. The molecule has 0 bridgehead atoms. The van der Waals surface area contributed by atoms with Gasteiger partial charge in [-0.25, -0.2) is 0 Å². The van der Waals surface area contributed by atoms with Crippen molar-refractivity contribution in [3.05, 3.63) is 24.3 Å². The minimum absolute atomic E-state index is 0.0752. The summed E-state index contributed by atoms with van der Waals surface area (Å²) < 4.78 is 11.0. The van der Waals surface area contributed by atoms with Gasteiger partial charge < -0.3 is 20.1 Å². The first-order valence-electron chi connectivity index (χ1n) is 8.42. The summed E-state index contributed by atoms with van der Waals surface area (Å²) in [5, 5.41) is 6.41. The molecule has 1 saturated heterocycles. The van der Waals surface area contributed by atoms with Crippen molar-refractivity contribution >= 4 is 5.91 Å². The number of piperidine rings is 1. The number of carbonyl (C=O) groups is 1. The highest BCUT2D eigenvalue weighted by Gasteiger charge is 2.57. The number of rotatable bonds is 6. The van der Waals surface area contributed by atoms with Crippen LogP contribution in [-0.4, -0.2) is 38.8 Å². The van der Waals surface area contributed by atoms with E-state index in [0.29, 0.717) is 6.54 Å². The van der Waals surface area contributed by atoms with E-state index in [9.17, 15) is 4.79 Å². The van der Waals surface area contributed by atoms with Crippen molar-refractivity contribution < 1.29 is 14.3 Å². The molecule has 1 saturated carbocycles. The second-order valence-electron chi connectivity index (χ2n) is 6.72. The fraction of sp³-hybridized carbons (Fsp3) is 0.611. The largest absolute Gasteiger partial charge is 0.497 e. The number of benzene rings is 1. The van der Waals surface area contributed by atoms with Gasteiger partial charge in [0.2, 0.25) is 5.91 Å². The first-order chi connectivity index (χ1) is 11.1. The van der Waals surface area contributed by atoms with Crippen molar-refractivity contribution in [2.24, 2.45) is 11.3 Å². The predicted octanol–water partition coefficient (Wildman–Crippen LogP) is 1.97. The minimum Gasteiger partial charge on any atom is -0.497 e. The molecule has 3 rings (SSSR count). The third kappa shape index (κ3) is 3.78. The normalized spacial score (nSPS) is 23.1. The van der Waals surface area contributed by atoms with E-state index in [1.54, 1.807) is 7.11 Å². The van der Waals surface area contributed by atoms with Crippen LogP contribution in [-0.2, 0) is 4.79 Å². The highest BCUT2D eigenvalue weighted by Crippen LogP contribution is 2.58. The second-order valence-corrected chi connectivity index (χ2v) is 6.72. The van der Waals surface area contributed by atoms with Crippen LogP contribution in [0.5, 0.6) is 11.5 Å². The van der Waals surface area contributed by atoms with Gasteiger partial charge in [-0.2, -0.15) is 0 Å². The Balaban J connectivity index is 1.44. The maximum atomic E-state index is 12.3. The third-order valence-corrected chi connectivity index (χ3v) is 5.05. The number of carbonyl (C=O) groups excluding carboxylic acids is 1. The summed E-state index contributed by atoms with van der Waals surface area (Å²) in [5.74, 6) is 1.92. The van der Waals surface area contributed by atoms with Crippen LogP contribution in [0.3, 0.4) is 0 Å². The Hall–Kier alpha value is -1.75. The SMILES string of the molecule is COc1cccc(OC(C)CNC(=O)C2CC23CCNCC3)c1. The highest BCUT2D eigenvalue weighted by molar-refractivity contribution is 5.82. The second kappa shape index (κ2) is 6.79. The monoisotopic (exact) mass is 318 g/mol. The fourth-order valence-electron chi connectivity index (χ4n) is 3.51. The summed E-state index contributed by atoms with van der Waals surface area (Å²) in [4.78, 5) is 12.3. The molecule has 1 aromatic rings. The molecule has 23 heavy (non-hydrogen) atoms. The number of hydrogen-bond donors (Lipinski definition) is 2. The molecule has 5 heteroatoms. The maximum Gasteiger partial charge on any atom is 0.223 e. The number of nitrogens with one attached hydrogen (secondary N) is 2. The summed E-state index contributed by atoms with van der Waals surface area (Å²) in [7, 11) is 1.63. The van der Waals surface area contributed by atoms with Gasteiger partial charge in [0.05, 0.1) is 13.7 Å². The predicted molar refractivity (Wildman–Crippen MR) is 88.7 cm³/mol. The van der Waals surface area contributed by atoms with E-state index >= 15 is 0 Å². The van der Waals surface area contributed by atoms with Crippen molar-refractivity contribution in [1.29, 1.82) is 0 Å². The molecule has 2 unspecified atom stereocenters. The van der Waals surface area contributed by atoms with Crippen LogP contribution < -0.4 is 20.1 Å². The van der Waals surface area contributed by atoms with Crippen LogP contribution >= 0.6 is 0 Å². The summed E-state index contributed by atoms with van der Waals surface area (Å²) >= 11 is 0. The Morgan fingerprint density at radius 2 is 2.13 bits per heavy atom. The highest BCUT2D eigenvalue weighted by atomic mass is 16.5. The molecule has 0 radical (unpaired) electrons. The van der Waals surface area contributed by atoms with Crippen molar-refractivity contribution in [3.63, 3.8) is 0 Å². The Morgan fingerprint density at radius 1 is 1.39 bits per heavy atom. The summed E-state index contributed by atoms with van der Waals surface area (Å²) in [6, 6.07) is 7.52. The lowest BCUT2D eigenvalue weighted by molar-refractivity contribution is -0.123. The van der Waals surface area contributed by atoms with Crippen LogP contribution in [0.1, 0.15) is 26.2 Å². The quantitative estimate of drug-likeness (QED) is 0.842.